The van der Waals surface area contributed by atoms with E-state index in [1.54, 1.807) is 54.6 Å². The highest BCUT2D eigenvalue weighted by Crippen LogP contribution is 2.58. The molecule has 0 bridgehead atoms. The minimum atomic E-state index is -2.90. The van der Waals surface area contributed by atoms with Gasteiger partial charge in [-0.1, -0.05) is 84.9 Å². The van der Waals surface area contributed by atoms with Crippen LogP contribution < -0.4 is 16.2 Å². The molecule has 0 heterocycles. The molecule has 2 saturated carbocycles. The number of fused-ring (bicyclic) bond motifs is 7. The summed E-state index contributed by atoms with van der Waals surface area (Å²) in [6, 6.07) is 29.1. The molecule has 2 amide bonds. The summed E-state index contributed by atoms with van der Waals surface area (Å²) in [7, 11) is 0. The fraction of sp³-hybridized carbons (Fsp3) is 0.207. The maximum Gasteiger partial charge on any atom is 0.255 e. The number of primary amides is 2. The molecule has 2 fully saturated rings. The lowest BCUT2D eigenvalue weighted by molar-refractivity contribution is -0.158. The molecule has 5 aromatic carbocycles. The summed E-state index contributed by atoms with van der Waals surface area (Å²) in [4.78, 5) is 76.8. The van der Waals surface area contributed by atoms with Crippen LogP contribution in [0.1, 0.15) is 53.1 Å². The first-order valence-corrected chi connectivity index (χ1v) is 24.2. The third-order valence-electron chi connectivity index (χ3n) is 15.4. The van der Waals surface area contributed by atoms with Gasteiger partial charge >= 0.3 is 0 Å². The highest BCUT2D eigenvalue weighted by molar-refractivity contribution is 6.25. The van der Waals surface area contributed by atoms with Crippen LogP contribution in [0.2, 0.25) is 0 Å². The Morgan fingerprint density at radius 2 is 1.01 bits per heavy atom. The Morgan fingerprint density at radius 3 is 1.45 bits per heavy atom. The van der Waals surface area contributed by atoms with E-state index >= 15 is 0 Å². The van der Waals surface area contributed by atoms with Gasteiger partial charge in [0, 0.05) is 36.5 Å². The number of aliphatic hydroxyl groups is 8. The molecule has 19 nitrogen and oxygen atoms in total. The number of aliphatic hydroxyl groups excluding tert-OH is 6. The van der Waals surface area contributed by atoms with Gasteiger partial charge in [0.25, 0.3) is 11.8 Å². The Balaban J connectivity index is 0.000000175. The topological polar surface area (TPSA) is 366 Å². The third kappa shape index (κ3) is 7.64. The molecule has 0 spiro atoms. The van der Waals surface area contributed by atoms with Crippen molar-refractivity contribution in [2.75, 3.05) is 6.61 Å². The summed E-state index contributed by atoms with van der Waals surface area (Å²) < 4.78 is 5.47. The number of nitrogens with two attached hydrogens (primary N) is 2. The van der Waals surface area contributed by atoms with Gasteiger partial charge in [-0.3, -0.25) is 28.8 Å². The van der Waals surface area contributed by atoms with Crippen LogP contribution in [0.25, 0.3) is 45.6 Å². The van der Waals surface area contributed by atoms with E-state index in [0.29, 0.717) is 45.8 Å². The Kier molecular flexibility index (Phi) is 12.4. The number of carbonyl (C=O) groups excluding carboxylic acids is 6. The lowest BCUT2D eigenvalue weighted by atomic mass is 9.56. The molecule has 0 aromatic heterocycles. The number of Topliss-reactive ketones (excluding diaryl/α,β-unsaturated/α-hetero) is 4. The molecule has 11 rings (SSSR count). The van der Waals surface area contributed by atoms with Crippen LogP contribution in [-0.4, -0.2) is 116 Å². The Bertz CT molecular complexity index is 3690. The van der Waals surface area contributed by atoms with Crippen LogP contribution in [-0.2, 0) is 28.8 Å². The lowest BCUT2D eigenvalue weighted by Gasteiger charge is -2.49. The molecule has 5 aromatic rings. The number of benzene rings is 5. The minimum Gasteiger partial charge on any atom is -0.508 e. The van der Waals surface area contributed by atoms with E-state index in [1.165, 1.54) is 18.2 Å². The number of ether oxygens (including phenoxy) is 1. The summed E-state index contributed by atoms with van der Waals surface area (Å²) in [5.74, 6) is -16.5. The third-order valence-corrected chi connectivity index (χ3v) is 15.4. The number of hydrogen-bond donors (Lipinski definition) is 12. The van der Waals surface area contributed by atoms with Crippen LogP contribution in [0.3, 0.4) is 0 Å². The van der Waals surface area contributed by atoms with Gasteiger partial charge in [0.05, 0.1) is 41.1 Å². The maximum absolute atomic E-state index is 13.9. The van der Waals surface area contributed by atoms with Crippen molar-refractivity contribution >= 4 is 80.5 Å². The summed E-state index contributed by atoms with van der Waals surface area (Å²) in [5.41, 5.74) is 4.30. The Hall–Kier alpha value is -9.14. The zero-order valence-electron chi connectivity index (χ0n) is 40.5. The molecule has 392 valence electrons. The number of amides is 2. The van der Waals surface area contributed by atoms with Crippen molar-refractivity contribution < 1.29 is 84.6 Å². The summed E-state index contributed by atoms with van der Waals surface area (Å²) >= 11 is 0. The predicted octanol–water partition coefficient (Wildman–Crippen LogP) is 4.34. The molecular formula is C58H48N2O17. The summed E-state index contributed by atoms with van der Waals surface area (Å²) in [6.45, 7) is 2.32. The SMILES string of the molecule is CCOc1ccc(/C=C2\c3cccc(O)c3C(O)=C3C(=O)C4(O)C(O)=C(C(N)=O)C(=O)CC4C(O)C32)cc1.NC(=O)C1=C(O)C2(O)C(=O)C3=C(O)c4c(O)cccc4/C(=C\c4ccc5ccccc5c4)C3C(O)C2CC1=O. The van der Waals surface area contributed by atoms with Gasteiger partial charge in [-0.25, -0.2) is 0 Å². The first-order chi connectivity index (χ1) is 36.6. The highest BCUT2D eigenvalue weighted by Gasteiger charge is 2.66. The number of phenolic OH excluding ortho intramolecular Hbond substituents is 2. The first-order valence-electron chi connectivity index (χ1n) is 24.2. The normalized spacial score (nSPS) is 27.5. The largest absolute Gasteiger partial charge is 0.508 e. The van der Waals surface area contributed by atoms with Crippen molar-refractivity contribution in [3.63, 3.8) is 0 Å². The van der Waals surface area contributed by atoms with E-state index in [9.17, 15) is 79.8 Å². The van der Waals surface area contributed by atoms with Crippen molar-refractivity contribution in [2.45, 2.75) is 43.2 Å². The maximum atomic E-state index is 13.9. The van der Waals surface area contributed by atoms with Crippen molar-refractivity contribution in [2.24, 2.45) is 35.1 Å². The van der Waals surface area contributed by atoms with E-state index in [-0.39, 0.29) is 22.6 Å². The smallest absolute Gasteiger partial charge is 0.255 e. The van der Waals surface area contributed by atoms with Gasteiger partial charge in [0.1, 0.15) is 51.4 Å². The van der Waals surface area contributed by atoms with Crippen LogP contribution in [0, 0.1) is 23.7 Å². The second-order valence-electron chi connectivity index (χ2n) is 19.5. The highest BCUT2D eigenvalue weighted by atomic mass is 16.5. The molecule has 6 aliphatic carbocycles. The quantitative estimate of drug-likeness (QED) is 0.105. The summed E-state index contributed by atoms with van der Waals surface area (Å²) in [6.07, 6.45) is -1.27. The van der Waals surface area contributed by atoms with E-state index in [4.69, 9.17) is 16.2 Å². The van der Waals surface area contributed by atoms with Crippen LogP contribution in [0.4, 0.5) is 0 Å². The number of hydrogen-bond acceptors (Lipinski definition) is 17. The molecule has 19 heteroatoms. The van der Waals surface area contributed by atoms with Gasteiger partial charge in [-0.15, -0.1) is 0 Å². The zero-order chi connectivity index (χ0) is 55.3. The number of ketones is 4. The van der Waals surface area contributed by atoms with Crippen LogP contribution in [0.15, 0.2) is 137 Å². The fourth-order valence-electron chi connectivity index (χ4n) is 11.9. The second-order valence-corrected chi connectivity index (χ2v) is 19.5. The standard InChI is InChI=1S/C30H23NO8.C28H25NO9/c31-29(38)23-20(33)12-18-25(34)22-17(11-13-8-9-14-4-1-2-5-15(14)10-13)16-6-3-7-19(32)21(16)26(35)24(22)28(37)30(18,39)27(23)36;1-2-38-13-8-6-12(7-9-13)10-15-14-4-3-5-17(30)19(14)24(33)22-20(15)23(32)16-11-18(31)21(27(29)36)25(34)28(16,37)26(22)35/h1-11,18,22,25,32,34-36,39H,12H2,(H2,31,38);3-10,16,20,23,30,32-34,37H,2,11H2,1H3,(H2,29,36)/b17-11+;15-10+. The van der Waals surface area contributed by atoms with Crippen molar-refractivity contribution in [1.29, 1.82) is 0 Å². The Morgan fingerprint density at radius 1 is 0.584 bits per heavy atom. The van der Waals surface area contributed by atoms with E-state index in [1.807, 2.05) is 49.4 Å². The van der Waals surface area contributed by atoms with Gasteiger partial charge in [-0.2, -0.15) is 0 Å². The average molecular weight is 1050 g/mol. The second kappa shape index (κ2) is 18.6. The lowest BCUT2D eigenvalue weighted by Crippen LogP contribution is -2.63. The average Bonchev–Trinajstić information content (AvgIpc) is 3.58. The molecule has 0 saturated heterocycles. The number of phenols is 2. The van der Waals surface area contributed by atoms with E-state index in [0.717, 1.165) is 10.8 Å². The monoisotopic (exact) mass is 1040 g/mol. The van der Waals surface area contributed by atoms with Crippen LogP contribution in [0.5, 0.6) is 17.2 Å². The predicted molar refractivity (Wildman–Crippen MR) is 275 cm³/mol. The van der Waals surface area contributed by atoms with Crippen molar-refractivity contribution in [3.05, 3.63) is 170 Å². The molecule has 8 unspecified atom stereocenters. The first kappa shape index (κ1) is 51.4. The molecule has 0 aliphatic heterocycles. The minimum absolute atomic E-state index is 0.0936. The fourth-order valence-corrected chi connectivity index (χ4v) is 11.9. The molecule has 8 atom stereocenters. The van der Waals surface area contributed by atoms with E-state index < -0.39 is 140 Å². The van der Waals surface area contributed by atoms with E-state index in [2.05, 4.69) is 0 Å². The summed E-state index contributed by atoms with van der Waals surface area (Å²) in [5, 5.41) is 113. The molecular weight excluding hydrogens is 997 g/mol. The zero-order valence-corrected chi connectivity index (χ0v) is 40.5. The van der Waals surface area contributed by atoms with Crippen molar-refractivity contribution in [3.8, 4) is 17.2 Å². The number of rotatable bonds is 6. The molecule has 6 aliphatic rings. The van der Waals surface area contributed by atoms with Gasteiger partial charge in [-0.05, 0) is 81.4 Å². The van der Waals surface area contributed by atoms with Gasteiger partial charge in [0.15, 0.2) is 22.8 Å². The number of aromatic hydroxyl groups is 2. The molecule has 77 heavy (non-hydrogen) atoms. The molecule has 0 radical (unpaired) electrons. The molecule has 14 N–H and O–H groups in total. The van der Waals surface area contributed by atoms with Gasteiger partial charge in [0.2, 0.25) is 11.6 Å². The van der Waals surface area contributed by atoms with Crippen LogP contribution >= 0.6 is 0 Å². The van der Waals surface area contributed by atoms with Gasteiger partial charge < -0.3 is 67.3 Å². The number of carbonyl (C=O) groups is 6. The Labute approximate surface area is 436 Å². The van der Waals surface area contributed by atoms with Crippen molar-refractivity contribution in [1.82, 2.24) is 0 Å².